The molecule has 0 aliphatic heterocycles. The van der Waals surface area contributed by atoms with Crippen molar-refractivity contribution in [2.75, 3.05) is 14.2 Å². The van der Waals surface area contributed by atoms with Crippen molar-refractivity contribution in [1.82, 2.24) is 4.73 Å². The van der Waals surface area contributed by atoms with E-state index in [4.69, 9.17) is 9.47 Å². The highest BCUT2D eigenvalue weighted by molar-refractivity contribution is 7.63. The molecule has 0 atom stereocenters. The molecular weight excluding hydrogens is 294 g/mol. The van der Waals surface area contributed by atoms with E-state index in [0.717, 1.165) is 11.8 Å². The maximum atomic E-state index is 11.6. The van der Waals surface area contributed by atoms with Crippen LogP contribution in [0.1, 0.15) is 11.1 Å². The van der Waals surface area contributed by atoms with E-state index in [9.17, 15) is 13.6 Å². The average molecular weight is 308 g/mol. The van der Waals surface area contributed by atoms with Gasteiger partial charge in [-0.25, -0.2) is 0 Å². The van der Waals surface area contributed by atoms with Gasteiger partial charge in [0.15, 0.2) is 4.64 Å². The van der Waals surface area contributed by atoms with Gasteiger partial charge in [0.05, 0.1) is 14.2 Å². The van der Waals surface area contributed by atoms with Gasteiger partial charge in [-0.05, 0) is 36.0 Å². The fourth-order valence-corrected chi connectivity index (χ4v) is 2.62. The van der Waals surface area contributed by atoms with E-state index in [-0.39, 0.29) is 11.1 Å². The van der Waals surface area contributed by atoms with Crippen molar-refractivity contribution in [2.45, 2.75) is 6.42 Å². The predicted molar refractivity (Wildman–Crippen MR) is 77.7 cm³/mol. The van der Waals surface area contributed by atoms with Gasteiger partial charge < -0.3 is 19.4 Å². The van der Waals surface area contributed by atoms with Crippen molar-refractivity contribution in [3.05, 3.63) is 57.5 Å². The highest BCUT2D eigenvalue weighted by Gasteiger charge is 2.08. The smallest absolute Gasteiger partial charge is 0.238 e. The second-order valence-corrected chi connectivity index (χ2v) is 5.11. The Morgan fingerprint density at radius 1 is 1.14 bits per heavy atom. The van der Waals surface area contributed by atoms with E-state index < -0.39 is 10.3 Å². The summed E-state index contributed by atoms with van der Waals surface area (Å²) < 4.78 is 32.9. The van der Waals surface area contributed by atoms with Gasteiger partial charge in [0.2, 0.25) is 10.3 Å². The third kappa shape index (κ3) is 3.19. The highest BCUT2D eigenvalue weighted by atomic mass is 32.2. The largest absolute Gasteiger partial charge is 0.805 e. The molecule has 21 heavy (non-hydrogen) atoms. The first-order valence-electron chi connectivity index (χ1n) is 6.08. The van der Waals surface area contributed by atoms with E-state index >= 15 is 0 Å². The number of benzene rings is 1. The molecular formula is C14H14NO5S-. The lowest BCUT2D eigenvalue weighted by molar-refractivity contribution is 0.399. The van der Waals surface area contributed by atoms with Gasteiger partial charge in [-0.2, -0.15) is 8.42 Å². The number of nitrogens with zero attached hydrogens (tertiary/aromatic N) is 1. The van der Waals surface area contributed by atoms with Crippen molar-refractivity contribution in [3.63, 3.8) is 0 Å². The van der Waals surface area contributed by atoms with Crippen LogP contribution in [0.4, 0.5) is 0 Å². The molecule has 0 unspecified atom stereocenters. The second kappa shape index (κ2) is 6.36. The molecule has 0 aliphatic carbocycles. The van der Waals surface area contributed by atoms with Crippen molar-refractivity contribution < 1.29 is 17.9 Å². The summed E-state index contributed by atoms with van der Waals surface area (Å²) in [4.78, 5) is 0. The number of pyridine rings is 1. The lowest BCUT2D eigenvalue weighted by atomic mass is 10.1. The summed E-state index contributed by atoms with van der Waals surface area (Å²) in [6, 6.07) is 8.33. The summed E-state index contributed by atoms with van der Waals surface area (Å²) in [7, 11) is 0.451. The number of hydrogen-bond acceptors (Lipinski definition) is 5. The van der Waals surface area contributed by atoms with Crippen LogP contribution in [0.3, 0.4) is 0 Å². The molecule has 1 heterocycles. The molecule has 0 spiro atoms. The molecule has 1 aromatic heterocycles. The molecule has 2 aromatic rings. The van der Waals surface area contributed by atoms with Gasteiger partial charge in [-0.15, -0.1) is 0 Å². The lowest BCUT2D eigenvalue weighted by Crippen LogP contribution is -2.01. The average Bonchev–Trinajstić information content (AvgIpc) is 2.46. The minimum Gasteiger partial charge on any atom is -0.805 e. The number of hydrogen-bond donors (Lipinski definition) is 0. The first-order chi connectivity index (χ1) is 10.1. The van der Waals surface area contributed by atoms with Crippen LogP contribution in [0.2, 0.25) is 0 Å². The molecule has 7 heteroatoms. The lowest BCUT2D eigenvalue weighted by Gasteiger charge is -2.14. The fraction of sp³-hybridized carbons (Fsp3) is 0.214. The van der Waals surface area contributed by atoms with Crippen LogP contribution < -0.4 is 9.47 Å². The zero-order valence-electron chi connectivity index (χ0n) is 11.6. The number of ether oxygens (including phenoxy) is 2. The first-order valence-corrected chi connectivity index (χ1v) is 7.15. The van der Waals surface area contributed by atoms with Crippen molar-refractivity contribution in [1.29, 1.82) is 0 Å². The molecule has 0 N–H and O–H groups in total. The standard InChI is InChI=1S/C14H14NO5S/c1-19-12-5-6-13(20-2)11(9-12)8-10-4-3-7-15(16)14(10)21(17)18/h3-7,9H,8H2,1-2H3/q-1. The molecule has 0 bridgehead atoms. The van der Waals surface area contributed by atoms with Crippen molar-refractivity contribution in [3.8, 4) is 11.5 Å². The van der Waals surface area contributed by atoms with Crippen LogP contribution in [0.15, 0.2) is 36.5 Å². The van der Waals surface area contributed by atoms with E-state index in [1.807, 2.05) is 0 Å². The van der Waals surface area contributed by atoms with Crippen LogP contribution in [0.5, 0.6) is 11.5 Å². The van der Waals surface area contributed by atoms with Crippen LogP contribution in [-0.4, -0.2) is 27.4 Å². The van der Waals surface area contributed by atoms with Crippen LogP contribution in [0.25, 0.3) is 0 Å². The second-order valence-electron chi connectivity index (χ2n) is 4.25. The van der Waals surface area contributed by atoms with Gasteiger partial charge >= 0.3 is 0 Å². The van der Waals surface area contributed by atoms with Crippen molar-refractivity contribution >= 4 is 10.3 Å². The summed E-state index contributed by atoms with van der Waals surface area (Å²) in [6.07, 6.45) is 1.39. The Morgan fingerprint density at radius 3 is 2.52 bits per heavy atom. The molecule has 0 fully saturated rings. The molecule has 2 rings (SSSR count). The van der Waals surface area contributed by atoms with E-state index in [1.165, 1.54) is 20.3 Å². The number of rotatable bonds is 4. The summed E-state index contributed by atoms with van der Waals surface area (Å²) in [5.74, 6) is 1.22. The third-order valence-corrected chi connectivity index (χ3v) is 3.78. The first kappa shape index (κ1) is 15.0. The molecule has 0 aliphatic rings. The molecule has 112 valence electrons. The Kier molecular flexibility index (Phi) is 4.54. The van der Waals surface area contributed by atoms with Gasteiger partial charge in [-0.3, -0.25) is 0 Å². The Labute approximate surface area is 123 Å². The van der Waals surface area contributed by atoms with E-state index in [1.54, 1.807) is 24.3 Å². The summed E-state index contributed by atoms with van der Waals surface area (Å²) >= 11 is 0. The minimum absolute atomic E-state index is 0.243. The zero-order chi connectivity index (χ0) is 15.4. The van der Waals surface area contributed by atoms with E-state index in [0.29, 0.717) is 21.8 Å². The fourth-order valence-electron chi connectivity index (χ4n) is 2.06. The van der Waals surface area contributed by atoms with Gasteiger partial charge in [0, 0.05) is 12.0 Å². The minimum atomic E-state index is -2.61. The van der Waals surface area contributed by atoms with Gasteiger partial charge in [0.25, 0.3) is 0 Å². The maximum Gasteiger partial charge on any atom is 0.238 e. The zero-order valence-corrected chi connectivity index (χ0v) is 12.4. The van der Waals surface area contributed by atoms with E-state index in [2.05, 4.69) is 0 Å². The van der Waals surface area contributed by atoms with Crippen LogP contribution in [0, 0.1) is 9.85 Å². The normalized spacial score (nSPS) is 10.2. The predicted octanol–water partition coefficient (Wildman–Crippen LogP) is 1.85. The number of methoxy groups -OCH3 is 2. The Bertz CT molecular complexity index is 815. The highest BCUT2D eigenvalue weighted by Crippen LogP contribution is 2.26. The quantitative estimate of drug-likeness (QED) is 0.805. The Hall–Kier alpha value is -2.41. The number of aromatic nitrogens is 1. The summed E-state index contributed by atoms with van der Waals surface area (Å²) in [6.45, 7) is 0. The van der Waals surface area contributed by atoms with Gasteiger partial charge in [0.1, 0.15) is 11.5 Å². The molecule has 0 saturated heterocycles. The topological polar surface area (TPSA) is 80.6 Å². The molecule has 0 radical (unpaired) electrons. The SMILES string of the molecule is COc1ccc(OC)c(Cc2cccn([O-])c2=S(=O)=O)c1. The maximum absolute atomic E-state index is 11.6. The summed E-state index contributed by atoms with van der Waals surface area (Å²) in [5.41, 5.74) is 1.13. The van der Waals surface area contributed by atoms with Gasteiger partial charge in [-0.1, -0.05) is 6.07 Å². The van der Waals surface area contributed by atoms with Crippen LogP contribution in [-0.2, 0) is 16.7 Å². The third-order valence-electron chi connectivity index (χ3n) is 3.02. The molecule has 6 nitrogen and oxygen atoms in total. The molecule has 0 amide bonds. The monoisotopic (exact) mass is 308 g/mol. The Morgan fingerprint density at radius 2 is 1.90 bits per heavy atom. The van der Waals surface area contributed by atoms with Crippen molar-refractivity contribution in [2.24, 2.45) is 0 Å². The Balaban J connectivity index is 2.59. The molecule has 0 saturated carbocycles. The summed E-state index contributed by atoms with van der Waals surface area (Å²) in [5, 5.41) is 11.6. The molecule has 1 aromatic carbocycles. The van der Waals surface area contributed by atoms with Crippen LogP contribution >= 0.6 is 0 Å².